The Balaban J connectivity index is 1.65. The van der Waals surface area contributed by atoms with E-state index in [4.69, 9.17) is 0 Å². The van der Waals surface area contributed by atoms with E-state index < -0.39 is 14.9 Å². The van der Waals surface area contributed by atoms with Crippen molar-refractivity contribution in [2.75, 3.05) is 6.54 Å². The van der Waals surface area contributed by atoms with Crippen LogP contribution in [0.3, 0.4) is 0 Å². The van der Waals surface area contributed by atoms with Gasteiger partial charge >= 0.3 is 0 Å². The molecular weight excluding hydrogens is 384 g/mol. The molecule has 0 atom stereocenters. The number of rotatable bonds is 7. The van der Waals surface area contributed by atoms with Crippen LogP contribution in [0.1, 0.15) is 0 Å². The minimum atomic E-state index is -3.85. The summed E-state index contributed by atoms with van der Waals surface area (Å²) in [6.45, 7) is 0.0543. The fraction of sp³-hybridized carbons (Fsp3) is 0.111. The van der Waals surface area contributed by atoms with Gasteiger partial charge in [0.05, 0.1) is 21.8 Å². The van der Waals surface area contributed by atoms with Crippen molar-refractivity contribution in [1.82, 2.24) is 14.3 Å². The topological polar surface area (TPSA) is 124 Å². The van der Waals surface area contributed by atoms with Crippen molar-refractivity contribution in [3.8, 4) is 11.3 Å². The maximum absolute atomic E-state index is 12.2. The second-order valence-electron chi connectivity index (χ2n) is 5.82. The first-order valence-electron chi connectivity index (χ1n) is 8.23. The predicted molar refractivity (Wildman–Crippen MR) is 102 cm³/mol. The molecule has 0 spiro atoms. The van der Waals surface area contributed by atoms with E-state index in [9.17, 15) is 23.3 Å². The second-order valence-corrected chi connectivity index (χ2v) is 7.59. The lowest BCUT2D eigenvalue weighted by Gasteiger charge is -2.09. The van der Waals surface area contributed by atoms with E-state index in [0.717, 1.165) is 29.8 Å². The number of nitro groups is 1. The van der Waals surface area contributed by atoms with E-state index in [1.807, 2.05) is 30.3 Å². The number of nitrogens with zero attached hydrogens (tertiary/aromatic N) is 3. The fourth-order valence-corrected chi connectivity index (χ4v) is 3.51. The number of nitrogens with one attached hydrogen (secondary N) is 1. The van der Waals surface area contributed by atoms with Crippen molar-refractivity contribution in [3.63, 3.8) is 0 Å². The van der Waals surface area contributed by atoms with Crippen molar-refractivity contribution in [2.24, 2.45) is 0 Å². The highest BCUT2D eigenvalue weighted by atomic mass is 32.2. The Morgan fingerprint density at radius 3 is 2.36 bits per heavy atom. The Kier molecular flexibility index (Phi) is 5.62. The number of hydrogen-bond donors (Lipinski definition) is 1. The van der Waals surface area contributed by atoms with Crippen LogP contribution in [0.25, 0.3) is 11.3 Å². The highest BCUT2D eigenvalue weighted by Gasteiger charge is 2.15. The molecule has 0 saturated heterocycles. The van der Waals surface area contributed by atoms with Crippen molar-refractivity contribution in [2.45, 2.75) is 11.4 Å². The molecule has 0 bridgehead atoms. The van der Waals surface area contributed by atoms with Crippen molar-refractivity contribution in [3.05, 3.63) is 87.5 Å². The zero-order valence-electron chi connectivity index (χ0n) is 14.6. The molecule has 0 aliphatic carbocycles. The van der Waals surface area contributed by atoms with Crippen LogP contribution in [-0.2, 0) is 16.6 Å². The second kappa shape index (κ2) is 8.11. The Morgan fingerprint density at radius 2 is 1.75 bits per heavy atom. The van der Waals surface area contributed by atoms with Gasteiger partial charge in [-0.15, -0.1) is 0 Å². The minimum Gasteiger partial charge on any atom is -0.298 e. The van der Waals surface area contributed by atoms with Crippen LogP contribution in [0.4, 0.5) is 5.69 Å². The van der Waals surface area contributed by atoms with Gasteiger partial charge in [0.25, 0.3) is 11.2 Å². The summed E-state index contributed by atoms with van der Waals surface area (Å²) in [7, 11) is -3.85. The molecule has 0 unspecified atom stereocenters. The Labute approximate surface area is 160 Å². The van der Waals surface area contributed by atoms with E-state index in [0.29, 0.717) is 5.69 Å². The predicted octanol–water partition coefficient (Wildman–Crippen LogP) is 1.80. The van der Waals surface area contributed by atoms with Crippen molar-refractivity contribution in [1.29, 1.82) is 0 Å². The summed E-state index contributed by atoms with van der Waals surface area (Å²) in [4.78, 5) is 26.4. The summed E-state index contributed by atoms with van der Waals surface area (Å²) in [5.74, 6) is 0. The van der Waals surface area contributed by atoms with Crippen LogP contribution in [0.5, 0.6) is 0 Å². The molecule has 28 heavy (non-hydrogen) atoms. The molecule has 0 amide bonds. The summed E-state index contributed by atoms with van der Waals surface area (Å²) >= 11 is 0. The van der Waals surface area contributed by atoms with E-state index in [1.54, 1.807) is 0 Å². The number of aromatic nitrogens is 2. The lowest BCUT2D eigenvalue weighted by Crippen LogP contribution is -2.30. The van der Waals surface area contributed by atoms with Gasteiger partial charge in [-0.1, -0.05) is 30.3 Å². The lowest BCUT2D eigenvalue weighted by atomic mass is 10.1. The zero-order valence-corrected chi connectivity index (χ0v) is 15.4. The number of nitro benzene ring substituents is 1. The standard InChI is InChI=1S/C18H16N4O5S/c23-18-12-17(14-4-2-1-3-5-14)19-13-21(18)11-10-20-28(26,27)16-8-6-15(7-9-16)22(24)25/h1-9,12-13,20H,10-11H2. The van der Waals surface area contributed by atoms with Crippen molar-refractivity contribution >= 4 is 15.7 Å². The third-order valence-electron chi connectivity index (χ3n) is 3.95. The van der Waals surface area contributed by atoms with Gasteiger partial charge in [-0.25, -0.2) is 18.1 Å². The molecular formula is C18H16N4O5S. The fourth-order valence-electron chi connectivity index (χ4n) is 2.49. The first-order valence-corrected chi connectivity index (χ1v) is 9.71. The highest BCUT2D eigenvalue weighted by Crippen LogP contribution is 2.15. The van der Waals surface area contributed by atoms with Crippen LogP contribution in [-0.4, -0.2) is 29.4 Å². The summed E-state index contributed by atoms with van der Waals surface area (Å²) in [6, 6.07) is 15.2. The zero-order chi connectivity index (χ0) is 20.1. The quantitative estimate of drug-likeness (QED) is 0.476. The largest absolute Gasteiger partial charge is 0.298 e. The number of hydrogen-bond acceptors (Lipinski definition) is 6. The summed E-state index contributed by atoms with van der Waals surface area (Å²) < 4.78 is 28.1. The van der Waals surface area contributed by atoms with E-state index >= 15 is 0 Å². The third-order valence-corrected chi connectivity index (χ3v) is 5.43. The molecule has 0 aliphatic rings. The summed E-state index contributed by atoms with van der Waals surface area (Å²) in [6.07, 6.45) is 1.37. The molecule has 3 rings (SSSR count). The molecule has 0 fully saturated rings. The Bertz CT molecular complexity index is 1140. The van der Waals surface area contributed by atoms with Crippen molar-refractivity contribution < 1.29 is 13.3 Å². The van der Waals surface area contributed by atoms with Crippen LogP contribution >= 0.6 is 0 Å². The average molecular weight is 400 g/mol. The molecule has 9 nitrogen and oxygen atoms in total. The lowest BCUT2D eigenvalue weighted by molar-refractivity contribution is -0.384. The Morgan fingerprint density at radius 1 is 1.07 bits per heavy atom. The third kappa shape index (κ3) is 4.48. The molecule has 1 N–H and O–H groups in total. The molecule has 10 heteroatoms. The number of benzene rings is 2. The highest BCUT2D eigenvalue weighted by molar-refractivity contribution is 7.89. The maximum Gasteiger partial charge on any atom is 0.269 e. The summed E-state index contributed by atoms with van der Waals surface area (Å²) in [5, 5.41) is 10.6. The molecule has 0 saturated carbocycles. The van der Waals surface area contributed by atoms with Gasteiger partial charge in [-0.05, 0) is 12.1 Å². The van der Waals surface area contributed by atoms with Crippen LogP contribution < -0.4 is 10.3 Å². The van der Waals surface area contributed by atoms with Gasteiger partial charge in [-0.3, -0.25) is 19.5 Å². The van der Waals surface area contributed by atoms with Gasteiger partial charge in [0.2, 0.25) is 10.0 Å². The van der Waals surface area contributed by atoms with Crippen LogP contribution in [0, 0.1) is 10.1 Å². The molecule has 144 valence electrons. The van der Waals surface area contributed by atoms with E-state index in [-0.39, 0.29) is 29.2 Å². The van der Waals surface area contributed by atoms with Gasteiger partial charge in [0.1, 0.15) is 0 Å². The van der Waals surface area contributed by atoms with E-state index in [2.05, 4.69) is 9.71 Å². The first-order chi connectivity index (χ1) is 13.4. The monoisotopic (exact) mass is 400 g/mol. The minimum absolute atomic E-state index is 0.0361. The number of non-ortho nitro benzene ring substituents is 1. The molecule has 0 radical (unpaired) electrons. The maximum atomic E-state index is 12.2. The van der Waals surface area contributed by atoms with Gasteiger partial charge in [0, 0.05) is 36.9 Å². The molecule has 0 aliphatic heterocycles. The smallest absolute Gasteiger partial charge is 0.269 e. The molecule has 2 aromatic carbocycles. The van der Waals surface area contributed by atoms with Crippen LogP contribution in [0.2, 0.25) is 0 Å². The van der Waals surface area contributed by atoms with E-state index in [1.165, 1.54) is 17.0 Å². The first kappa shape index (κ1) is 19.4. The SMILES string of the molecule is O=c1cc(-c2ccccc2)ncn1CCNS(=O)(=O)c1ccc([N+](=O)[O-])cc1. The molecule has 1 aromatic heterocycles. The van der Waals surface area contributed by atoms with Crippen LogP contribution in [0.15, 0.2) is 76.7 Å². The molecule has 3 aromatic rings. The van der Waals surface area contributed by atoms with Gasteiger partial charge in [0.15, 0.2) is 0 Å². The number of sulfonamides is 1. The normalized spacial score (nSPS) is 11.3. The van der Waals surface area contributed by atoms with Gasteiger partial charge in [-0.2, -0.15) is 0 Å². The average Bonchev–Trinajstić information content (AvgIpc) is 2.70. The summed E-state index contributed by atoms with van der Waals surface area (Å²) in [5.41, 5.74) is 0.845. The molecule has 1 heterocycles. The Hall–Kier alpha value is -3.37. The van der Waals surface area contributed by atoms with Gasteiger partial charge < -0.3 is 0 Å².